The highest BCUT2D eigenvalue weighted by atomic mass is 35.5. The zero-order valence-electron chi connectivity index (χ0n) is 9.16. The fourth-order valence-corrected chi connectivity index (χ4v) is 1.92. The lowest BCUT2D eigenvalue weighted by molar-refractivity contribution is -0.0431. The highest BCUT2D eigenvalue weighted by molar-refractivity contribution is 6.31. The first-order valence-electron chi connectivity index (χ1n) is 5.02. The zero-order valence-corrected chi connectivity index (χ0v) is 9.91. The maximum atomic E-state index is 9.67. The van der Waals surface area contributed by atoms with Crippen LogP contribution in [0.2, 0.25) is 5.02 Å². The molecule has 4 nitrogen and oxygen atoms in total. The molecule has 5 heteroatoms. The molecule has 3 N–H and O–H groups in total. The van der Waals surface area contributed by atoms with Gasteiger partial charge in [0, 0.05) is 32.0 Å². The molecular weight excluding hydrogens is 230 g/mol. The third-order valence-electron chi connectivity index (χ3n) is 2.36. The van der Waals surface area contributed by atoms with Gasteiger partial charge in [-0.3, -0.25) is 0 Å². The van der Waals surface area contributed by atoms with Crippen molar-refractivity contribution < 1.29 is 14.6 Å². The largest absolute Gasteiger partial charge is 0.449 e. The fourth-order valence-electron chi connectivity index (χ4n) is 1.64. The predicted molar refractivity (Wildman–Crippen MR) is 60.8 cm³/mol. The monoisotopic (exact) mass is 243 g/mol. The molecular formula is C11H14ClNO3. The Bertz CT molecular complexity index is 420. The van der Waals surface area contributed by atoms with Crippen molar-refractivity contribution in [2.45, 2.75) is 25.7 Å². The molecule has 1 aliphatic heterocycles. The van der Waals surface area contributed by atoms with Crippen molar-refractivity contribution in [3.63, 3.8) is 0 Å². The summed E-state index contributed by atoms with van der Waals surface area (Å²) in [5, 5.41) is 10.1. The van der Waals surface area contributed by atoms with E-state index in [0.717, 1.165) is 0 Å². The summed E-state index contributed by atoms with van der Waals surface area (Å²) in [6.07, 6.45) is -0.787. The van der Waals surface area contributed by atoms with Crippen molar-refractivity contribution in [2.75, 3.05) is 6.54 Å². The van der Waals surface area contributed by atoms with E-state index in [1.807, 2.05) is 0 Å². The van der Waals surface area contributed by atoms with Crippen molar-refractivity contribution in [3.05, 3.63) is 22.7 Å². The first-order valence-corrected chi connectivity index (χ1v) is 5.40. The molecule has 1 atom stereocenters. The summed E-state index contributed by atoms with van der Waals surface area (Å²) < 4.78 is 11.1. The van der Waals surface area contributed by atoms with Gasteiger partial charge in [0.05, 0.1) is 11.1 Å². The number of aliphatic hydroxyl groups excluding tert-OH is 1. The van der Waals surface area contributed by atoms with Gasteiger partial charge in [0.1, 0.15) is 0 Å². The topological polar surface area (TPSA) is 64.7 Å². The van der Waals surface area contributed by atoms with Crippen LogP contribution in [0.4, 0.5) is 0 Å². The summed E-state index contributed by atoms with van der Waals surface area (Å²) in [7, 11) is 0. The molecule has 2 rings (SSSR count). The number of rotatable bonds is 2. The van der Waals surface area contributed by atoms with E-state index in [2.05, 4.69) is 0 Å². The molecule has 1 aliphatic rings. The van der Waals surface area contributed by atoms with Crippen LogP contribution in [0.3, 0.4) is 0 Å². The summed E-state index contributed by atoms with van der Waals surface area (Å²) in [4.78, 5) is 0. The van der Waals surface area contributed by atoms with Gasteiger partial charge in [0.2, 0.25) is 5.79 Å². The molecule has 0 radical (unpaired) electrons. The molecule has 0 spiro atoms. The molecule has 0 bridgehead atoms. The molecule has 0 saturated heterocycles. The van der Waals surface area contributed by atoms with Crippen LogP contribution < -0.4 is 15.2 Å². The molecule has 88 valence electrons. The SMILES string of the molecule is CC1(C)Oc2cc(Cl)c(C(O)CN)cc2O1. The summed E-state index contributed by atoms with van der Waals surface area (Å²) >= 11 is 6.02. The summed E-state index contributed by atoms with van der Waals surface area (Å²) in [6, 6.07) is 3.31. The van der Waals surface area contributed by atoms with E-state index in [4.69, 9.17) is 26.8 Å². The van der Waals surface area contributed by atoms with Crippen molar-refractivity contribution in [1.29, 1.82) is 0 Å². The molecule has 0 fully saturated rings. The van der Waals surface area contributed by atoms with Crippen molar-refractivity contribution in [1.82, 2.24) is 0 Å². The van der Waals surface area contributed by atoms with E-state index in [9.17, 15) is 5.11 Å². The number of benzene rings is 1. The van der Waals surface area contributed by atoms with Crippen molar-refractivity contribution in [2.24, 2.45) is 5.73 Å². The Hall–Kier alpha value is -0.970. The first kappa shape index (κ1) is 11.5. The normalized spacial score (nSPS) is 18.6. The number of halogens is 1. The molecule has 1 aromatic rings. The highest BCUT2D eigenvalue weighted by Crippen LogP contribution is 2.43. The summed E-state index contributed by atoms with van der Waals surface area (Å²) in [5.41, 5.74) is 5.95. The lowest BCUT2D eigenvalue weighted by Crippen LogP contribution is -2.29. The predicted octanol–water partition coefficient (Wildman–Crippen LogP) is 1.84. The van der Waals surface area contributed by atoms with Gasteiger partial charge in [-0.05, 0) is 6.07 Å². The summed E-state index contributed by atoms with van der Waals surface area (Å²) in [5.74, 6) is 0.470. The Morgan fingerprint density at radius 1 is 1.38 bits per heavy atom. The Balaban J connectivity index is 2.41. The van der Waals surface area contributed by atoms with E-state index in [-0.39, 0.29) is 6.54 Å². The molecule has 1 unspecified atom stereocenters. The van der Waals surface area contributed by atoms with Crippen LogP contribution in [-0.2, 0) is 0 Å². The smallest absolute Gasteiger partial charge is 0.246 e. The Morgan fingerprint density at radius 3 is 2.50 bits per heavy atom. The molecule has 0 amide bonds. The van der Waals surface area contributed by atoms with Gasteiger partial charge >= 0.3 is 0 Å². The fraction of sp³-hybridized carbons (Fsp3) is 0.455. The van der Waals surface area contributed by atoms with Crippen LogP contribution in [0, 0.1) is 0 Å². The average Bonchev–Trinajstić information content (AvgIpc) is 2.48. The van der Waals surface area contributed by atoms with Gasteiger partial charge in [-0.15, -0.1) is 0 Å². The van der Waals surface area contributed by atoms with E-state index < -0.39 is 11.9 Å². The molecule has 0 aromatic heterocycles. The second-order valence-corrected chi connectivity index (χ2v) is 4.58. The minimum atomic E-state index is -0.787. The number of aliphatic hydroxyl groups is 1. The second-order valence-electron chi connectivity index (χ2n) is 4.18. The van der Waals surface area contributed by atoms with Gasteiger partial charge in [-0.1, -0.05) is 11.6 Å². The van der Waals surface area contributed by atoms with Gasteiger partial charge in [-0.2, -0.15) is 0 Å². The van der Waals surface area contributed by atoms with E-state index in [1.54, 1.807) is 26.0 Å². The van der Waals surface area contributed by atoms with Crippen LogP contribution in [0.5, 0.6) is 11.5 Å². The first-order chi connectivity index (χ1) is 7.43. The van der Waals surface area contributed by atoms with Crippen LogP contribution in [0.25, 0.3) is 0 Å². The Kier molecular flexibility index (Phi) is 2.74. The number of fused-ring (bicyclic) bond motifs is 1. The van der Waals surface area contributed by atoms with Gasteiger partial charge in [-0.25, -0.2) is 0 Å². The maximum Gasteiger partial charge on any atom is 0.246 e. The van der Waals surface area contributed by atoms with Crippen LogP contribution >= 0.6 is 11.6 Å². The van der Waals surface area contributed by atoms with E-state index in [1.165, 1.54) is 0 Å². The van der Waals surface area contributed by atoms with Crippen LogP contribution in [0.15, 0.2) is 12.1 Å². The lowest BCUT2D eigenvalue weighted by atomic mass is 10.1. The van der Waals surface area contributed by atoms with Gasteiger partial charge in [0.15, 0.2) is 11.5 Å². The molecule has 1 heterocycles. The Labute approximate surface area is 98.9 Å². The lowest BCUT2D eigenvalue weighted by Gasteiger charge is -2.16. The van der Waals surface area contributed by atoms with E-state index in [0.29, 0.717) is 22.1 Å². The summed E-state index contributed by atoms with van der Waals surface area (Å²) in [6.45, 7) is 3.72. The van der Waals surface area contributed by atoms with E-state index >= 15 is 0 Å². The van der Waals surface area contributed by atoms with Crippen LogP contribution in [0.1, 0.15) is 25.5 Å². The molecule has 16 heavy (non-hydrogen) atoms. The molecule has 0 aliphatic carbocycles. The molecule has 0 saturated carbocycles. The van der Waals surface area contributed by atoms with Gasteiger partial charge < -0.3 is 20.3 Å². The number of hydrogen-bond acceptors (Lipinski definition) is 4. The number of nitrogens with two attached hydrogens (primary N) is 1. The minimum Gasteiger partial charge on any atom is -0.449 e. The van der Waals surface area contributed by atoms with Gasteiger partial charge in [0.25, 0.3) is 0 Å². The number of hydrogen-bond donors (Lipinski definition) is 2. The third-order valence-corrected chi connectivity index (χ3v) is 2.68. The van der Waals surface area contributed by atoms with Crippen LogP contribution in [-0.4, -0.2) is 17.4 Å². The zero-order chi connectivity index (χ0) is 11.9. The van der Waals surface area contributed by atoms with Crippen molar-refractivity contribution >= 4 is 11.6 Å². The minimum absolute atomic E-state index is 0.114. The van der Waals surface area contributed by atoms with Crippen molar-refractivity contribution in [3.8, 4) is 11.5 Å². The highest BCUT2D eigenvalue weighted by Gasteiger charge is 2.32. The third kappa shape index (κ3) is 1.96. The standard InChI is InChI=1S/C11H14ClNO3/c1-11(2)15-9-3-6(8(14)5-13)7(12)4-10(9)16-11/h3-4,8,14H,5,13H2,1-2H3. The molecule has 1 aromatic carbocycles. The average molecular weight is 244 g/mol. The maximum absolute atomic E-state index is 9.67. The Morgan fingerprint density at radius 2 is 1.94 bits per heavy atom. The quantitative estimate of drug-likeness (QED) is 0.832. The second kappa shape index (κ2) is 3.80. The number of ether oxygens (including phenoxy) is 2.